The number of para-hydroxylation sites is 1. The normalized spacial score (nSPS) is 13.3. The second-order valence-corrected chi connectivity index (χ2v) is 8.95. The van der Waals surface area contributed by atoms with Gasteiger partial charge in [0.15, 0.2) is 15.0 Å². The molecule has 22 heavy (non-hydrogen) atoms. The Labute approximate surface area is 133 Å². The number of amides is 1. The number of thiazole rings is 1. The van der Waals surface area contributed by atoms with Crippen LogP contribution in [0.25, 0.3) is 10.2 Å². The van der Waals surface area contributed by atoms with Gasteiger partial charge >= 0.3 is 0 Å². The molecule has 8 heteroatoms. The average Bonchev–Trinajstić information content (AvgIpc) is 2.88. The van der Waals surface area contributed by atoms with Crippen LogP contribution in [0.15, 0.2) is 18.2 Å². The molecule has 1 amide bonds. The molecule has 1 atom stereocenters. The van der Waals surface area contributed by atoms with Crippen LogP contribution in [0.2, 0.25) is 0 Å². The number of aromatic nitrogens is 1. The van der Waals surface area contributed by atoms with Gasteiger partial charge in [0.25, 0.3) is 0 Å². The molecule has 0 aliphatic rings. The lowest BCUT2D eigenvalue weighted by molar-refractivity contribution is -0.115. The number of rotatable bonds is 5. The molecule has 1 N–H and O–H groups in total. The molecule has 120 valence electrons. The van der Waals surface area contributed by atoms with Crippen LogP contribution in [0, 0.1) is 0 Å². The lowest BCUT2D eigenvalue weighted by atomic mass is 10.3. The lowest BCUT2D eigenvalue weighted by Gasteiger charge is -2.14. The number of nitrogens with one attached hydrogen (secondary N) is 1. The van der Waals surface area contributed by atoms with Gasteiger partial charge in [-0.2, -0.15) is 0 Å². The molecular formula is C14H18N2O4S2. The van der Waals surface area contributed by atoms with Crippen LogP contribution in [0.5, 0.6) is 5.75 Å². The number of fused-ring (bicyclic) bond motifs is 1. The van der Waals surface area contributed by atoms with E-state index in [9.17, 15) is 13.2 Å². The minimum atomic E-state index is -3.50. The van der Waals surface area contributed by atoms with Crippen molar-refractivity contribution in [2.24, 2.45) is 0 Å². The van der Waals surface area contributed by atoms with E-state index in [0.29, 0.717) is 16.4 Å². The summed E-state index contributed by atoms with van der Waals surface area (Å²) in [6, 6.07) is 5.47. The van der Waals surface area contributed by atoms with Gasteiger partial charge in [0.1, 0.15) is 16.5 Å². The Morgan fingerprint density at radius 2 is 2.00 bits per heavy atom. The van der Waals surface area contributed by atoms with E-state index in [-0.39, 0.29) is 0 Å². The molecule has 0 radical (unpaired) electrons. The fraction of sp³-hybridized carbons (Fsp3) is 0.429. The molecule has 0 fully saturated rings. The third-order valence-corrected chi connectivity index (χ3v) is 6.80. The van der Waals surface area contributed by atoms with Gasteiger partial charge in [-0.1, -0.05) is 17.4 Å². The molecule has 0 aliphatic heterocycles. The third-order valence-electron chi connectivity index (χ3n) is 3.35. The standard InChI is InChI=1S/C14H18N2O4S2/c1-8(2)22(18,19)9(3)13(17)16-14-15-12-10(20-4)6-5-7-11(12)21-14/h5-9H,1-4H3,(H,15,16,17)/t9-/m1/s1. The molecule has 0 bridgehead atoms. The molecule has 0 saturated carbocycles. The van der Waals surface area contributed by atoms with Crippen LogP contribution in [0.1, 0.15) is 20.8 Å². The van der Waals surface area contributed by atoms with Gasteiger partial charge in [0.2, 0.25) is 5.91 Å². The van der Waals surface area contributed by atoms with Gasteiger partial charge in [0.05, 0.1) is 17.1 Å². The van der Waals surface area contributed by atoms with Crippen LogP contribution < -0.4 is 10.1 Å². The molecule has 0 unspecified atom stereocenters. The zero-order valence-corrected chi connectivity index (χ0v) is 14.4. The van der Waals surface area contributed by atoms with Crippen molar-refractivity contribution in [1.29, 1.82) is 0 Å². The number of nitrogens with zero attached hydrogens (tertiary/aromatic N) is 1. The van der Waals surface area contributed by atoms with Gasteiger partial charge < -0.3 is 10.1 Å². The average molecular weight is 342 g/mol. The van der Waals surface area contributed by atoms with E-state index in [4.69, 9.17) is 4.74 Å². The van der Waals surface area contributed by atoms with Crippen molar-refractivity contribution in [3.8, 4) is 5.75 Å². The predicted molar refractivity (Wildman–Crippen MR) is 88.3 cm³/mol. The van der Waals surface area contributed by atoms with Gasteiger partial charge in [-0.15, -0.1) is 0 Å². The quantitative estimate of drug-likeness (QED) is 0.902. The topological polar surface area (TPSA) is 85.4 Å². The first-order chi connectivity index (χ1) is 10.3. The maximum atomic E-state index is 12.1. The Morgan fingerprint density at radius 3 is 2.59 bits per heavy atom. The minimum absolute atomic E-state index is 0.357. The highest BCUT2D eigenvalue weighted by Gasteiger charge is 2.31. The lowest BCUT2D eigenvalue weighted by Crippen LogP contribution is -2.36. The first kappa shape index (κ1) is 16.7. The Hall–Kier alpha value is -1.67. The van der Waals surface area contributed by atoms with Crippen molar-refractivity contribution in [3.05, 3.63) is 18.2 Å². The highest BCUT2D eigenvalue weighted by Crippen LogP contribution is 2.32. The molecule has 1 aromatic carbocycles. The van der Waals surface area contributed by atoms with Gasteiger partial charge in [-0.25, -0.2) is 13.4 Å². The maximum absolute atomic E-state index is 12.1. The van der Waals surface area contributed by atoms with E-state index in [2.05, 4.69) is 10.3 Å². The molecule has 1 heterocycles. The molecule has 2 aromatic rings. The Kier molecular flexibility index (Phi) is 4.72. The fourth-order valence-electron chi connectivity index (χ4n) is 1.91. The van der Waals surface area contributed by atoms with Gasteiger partial charge in [-0.3, -0.25) is 4.79 Å². The monoisotopic (exact) mass is 342 g/mol. The largest absolute Gasteiger partial charge is 0.494 e. The number of sulfone groups is 1. The maximum Gasteiger partial charge on any atom is 0.244 e. The Balaban J connectivity index is 2.26. The number of carbonyl (C=O) groups is 1. The SMILES string of the molecule is COc1cccc2sc(NC(=O)[C@@H](C)S(=O)(=O)C(C)C)nc12. The second kappa shape index (κ2) is 6.21. The smallest absolute Gasteiger partial charge is 0.244 e. The number of ether oxygens (including phenoxy) is 1. The van der Waals surface area contributed by atoms with Crippen LogP contribution in [-0.2, 0) is 14.6 Å². The van der Waals surface area contributed by atoms with E-state index < -0.39 is 26.2 Å². The summed E-state index contributed by atoms with van der Waals surface area (Å²) in [6.45, 7) is 4.50. The van der Waals surface area contributed by atoms with Crippen LogP contribution >= 0.6 is 11.3 Å². The number of hydrogen-bond acceptors (Lipinski definition) is 6. The van der Waals surface area contributed by atoms with Gasteiger partial charge in [0, 0.05) is 0 Å². The Bertz CT molecular complexity index is 796. The summed E-state index contributed by atoms with van der Waals surface area (Å²) in [4.78, 5) is 16.4. The van der Waals surface area contributed by atoms with Crippen molar-refractivity contribution in [3.63, 3.8) is 0 Å². The van der Waals surface area contributed by atoms with E-state index in [1.54, 1.807) is 27.0 Å². The van der Waals surface area contributed by atoms with Crippen molar-refractivity contribution < 1.29 is 17.9 Å². The van der Waals surface area contributed by atoms with Crippen molar-refractivity contribution in [2.75, 3.05) is 12.4 Å². The minimum Gasteiger partial charge on any atom is -0.494 e. The summed E-state index contributed by atoms with van der Waals surface area (Å²) in [7, 11) is -1.95. The summed E-state index contributed by atoms with van der Waals surface area (Å²) in [5, 5.41) is 1.20. The number of carbonyl (C=O) groups excluding carboxylic acids is 1. The summed E-state index contributed by atoms with van der Waals surface area (Å²) < 4.78 is 30.1. The molecule has 2 rings (SSSR count). The molecular weight excluding hydrogens is 324 g/mol. The third kappa shape index (κ3) is 3.07. The number of anilines is 1. The van der Waals surface area contributed by atoms with Crippen molar-refractivity contribution in [2.45, 2.75) is 31.3 Å². The molecule has 0 spiro atoms. The highest BCUT2D eigenvalue weighted by atomic mass is 32.2. The van der Waals surface area contributed by atoms with Crippen LogP contribution in [-0.4, -0.2) is 36.9 Å². The van der Waals surface area contributed by atoms with Crippen LogP contribution in [0.3, 0.4) is 0 Å². The zero-order valence-electron chi connectivity index (χ0n) is 12.8. The summed E-state index contributed by atoms with van der Waals surface area (Å²) >= 11 is 1.27. The molecule has 6 nitrogen and oxygen atoms in total. The van der Waals surface area contributed by atoms with Crippen LogP contribution in [0.4, 0.5) is 5.13 Å². The predicted octanol–water partition coefficient (Wildman–Crippen LogP) is 2.46. The highest BCUT2D eigenvalue weighted by molar-refractivity contribution is 7.93. The van der Waals surface area contributed by atoms with E-state index in [1.807, 2.05) is 12.1 Å². The summed E-state index contributed by atoms with van der Waals surface area (Å²) in [6.07, 6.45) is 0. The molecule has 0 saturated heterocycles. The first-order valence-electron chi connectivity index (χ1n) is 6.74. The van der Waals surface area contributed by atoms with E-state index >= 15 is 0 Å². The fourth-order valence-corrected chi connectivity index (χ4v) is 3.97. The second-order valence-electron chi connectivity index (χ2n) is 5.10. The van der Waals surface area contributed by atoms with Crippen molar-refractivity contribution >= 4 is 42.4 Å². The van der Waals surface area contributed by atoms with E-state index in [1.165, 1.54) is 18.3 Å². The zero-order chi connectivity index (χ0) is 16.5. The summed E-state index contributed by atoms with van der Waals surface area (Å²) in [5.74, 6) is 0.0313. The molecule has 1 aromatic heterocycles. The summed E-state index contributed by atoms with van der Waals surface area (Å²) in [5.41, 5.74) is 0.643. The first-order valence-corrected chi connectivity index (χ1v) is 9.17. The molecule has 0 aliphatic carbocycles. The van der Waals surface area contributed by atoms with Gasteiger partial charge in [-0.05, 0) is 32.9 Å². The number of methoxy groups -OCH3 is 1. The van der Waals surface area contributed by atoms with Crippen molar-refractivity contribution in [1.82, 2.24) is 4.98 Å². The van der Waals surface area contributed by atoms with E-state index in [0.717, 1.165) is 4.70 Å². The Morgan fingerprint density at radius 1 is 1.32 bits per heavy atom. The number of hydrogen-bond donors (Lipinski definition) is 1. The number of benzene rings is 1.